The molecule has 1 aliphatic heterocycles. The second-order valence-electron chi connectivity index (χ2n) is 17.6. The molecule has 1 amide bonds. The minimum absolute atomic E-state index is 0.0688. The number of thioether (sulfide) groups is 1. The number of amides is 1. The molecule has 0 unspecified atom stereocenters. The van der Waals surface area contributed by atoms with E-state index in [0.717, 1.165) is 58.7 Å². The van der Waals surface area contributed by atoms with Crippen molar-refractivity contribution in [3.8, 4) is 17.2 Å². The summed E-state index contributed by atoms with van der Waals surface area (Å²) in [5.74, 6) is 0.210. The van der Waals surface area contributed by atoms with Gasteiger partial charge in [-0.2, -0.15) is 0 Å². The highest BCUT2D eigenvalue weighted by atomic mass is 32.2. The van der Waals surface area contributed by atoms with Crippen LogP contribution in [0.4, 0.5) is 4.79 Å². The van der Waals surface area contributed by atoms with Crippen LogP contribution in [-0.2, 0) is 25.7 Å². The molecular formula is C51H68N2O9S. The molecule has 3 aliphatic rings. The quantitative estimate of drug-likeness (QED) is 0.0411. The van der Waals surface area contributed by atoms with Gasteiger partial charge in [0.05, 0.1) is 31.5 Å². The van der Waals surface area contributed by atoms with Crippen molar-refractivity contribution in [2.24, 2.45) is 22.9 Å². The molecule has 2 aliphatic carbocycles. The second-order valence-corrected chi connectivity index (χ2v) is 18.5. The molecule has 1 heterocycles. The van der Waals surface area contributed by atoms with Crippen LogP contribution < -0.4 is 9.47 Å². The third-order valence-corrected chi connectivity index (χ3v) is 12.8. The Kier molecular flexibility index (Phi) is 17.6. The number of aliphatic hydroxyl groups excluding tert-OH is 2. The summed E-state index contributed by atoms with van der Waals surface area (Å²) < 4.78 is 32.9. The Hall–Kier alpha value is -4.33. The van der Waals surface area contributed by atoms with Gasteiger partial charge in [-0.05, 0) is 125 Å². The van der Waals surface area contributed by atoms with Crippen LogP contribution in [0.25, 0.3) is 0 Å². The van der Waals surface area contributed by atoms with Gasteiger partial charge in [0.2, 0.25) is 5.79 Å². The van der Waals surface area contributed by atoms with Crippen LogP contribution in [0.15, 0.2) is 107 Å². The summed E-state index contributed by atoms with van der Waals surface area (Å²) in [6.45, 7) is 13.5. The van der Waals surface area contributed by atoms with E-state index in [9.17, 15) is 15.0 Å². The number of nitrogens with zero attached hydrogens (tertiary/aromatic N) is 2. The van der Waals surface area contributed by atoms with Gasteiger partial charge in [-0.15, -0.1) is 18.3 Å². The monoisotopic (exact) mass is 884 g/mol. The summed E-state index contributed by atoms with van der Waals surface area (Å²) in [5, 5.41) is 24.8. The van der Waals surface area contributed by atoms with Gasteiger partial charge in [0, 0.05) is 42.6 Å². The largest absolute Gasteiger partial charge is 0.459 e. The van der Waals surface area contributed by atoms with E-state index in [1.54, 1.807) is 22.7 Å². The number of fused-ring (bicyclic) bond motifs is 2. The summed E-state index contributed by atoms with van der Waals surface area (Å²) in [5.41, 5.74) is 3.15. The first-order valence-corrected chi connectivity index (χ1v) is 23.9. The number of aliphatic hydroxyl groups is 2. The van der Waals surface area contributed by atoms with E-state index in [1.807, 2.05) is 101 Å². The molecule has 0 radical (unpaired) electrons. The minimum Gasteiger partial charge on any atom is -0.459 e. The molecule has 0 spiro atoms. The Morgan fingerprint density at radius 1 is 0.984 bits per heavy atom. The normalized spacial score (nSPS) is 23.2. The zero-order valence-corrected chi connectivity index (χ0v) is 38.7. The van der Waals surface area contributed by atoms with Crippen molar-refractivity contribution in [2.45, 2.75) is 114 Å². The molecule has 1 saturated carbocycles. The molecule has 3 aromatic rings. The van der Waals surface area contributed by atoms with Crippen LogP contribution in [0, 0.1) is 17.8 Å². The zero-order valence-electron chi connectivity index (χ0n) is 37.8. The minimum atomic E-state index is -1.39. The van der Waals surface area contributed by atoms with Crippen molar-refractivity contribution in [1.82, 2.24) is 4.90 Å². The number of rotatable bonds is 23. The fourth-order valence-corrected chi connectivity index (χ4v) is 9.74. The highest BCUT2D eigenvalue weighted by Gasteiger charge is 2.65. The van der Waals surface area contributed by atoms with Crippen molar-refractivity contribution >= 4 is 23.6 Å². The number of hydrogen-bond acceptors (Lipinski definition) is 11. The highest BCUT2D eigenvalue weighted by Crippen LogP contribution is 2.62. The summed E-state index contributed by atoms with van der Waals surface area (Å²) in [6.07, 6.45) is 11.3. The van der Waals surface area contributed by atoms with Crippen LogP contribution in [0.5, 0.6) is 17.2 Å². The third-order valence-electron chi connectivity index (χ3n) is 12.0. The summed E-state index contributed by atoms with van der Waals surface area (Å²) in [6, 6.07) is 23.3. The van der Waals surface area contributed by atoms with Gasteiger partial charge in [0.1, 0.15) is 35.5 Å². The molecule has 3 aromatic carbocycles. The molecule has 0 aromatic heterocycles. The van der Waals surface area contributed by atoms with E-state index in [2.05, 4.69) is 18.7 Å². The van der Waals surface area contributed by atoms with E-state index in [1.165, 1.54) is 0 Å². The molecular weight excluding hydrogens is 817 g/mol. The van der Waals surface area contributed by atoms with Crippen LogP contribution in [-0.4, -0.2) is 90.2 Å². The summed E-state index contributed by atoms with van der Waals surface area (Å²) in [7, 11) is 0. The fraction of sp³-hybridized carbons (Fsp3) is 0.529. The predicted molar refractivity (Wildman–Crippen MR) is 249 cm³/mol. The third kappa shape index (κ3) is 12.1. The lowest BCUT2D eigenvalue weighted by atomic mass is 9.55. The number of carbonyl (C=O) groups excluding carboxylic acids is 1. The number of allylic oxidation sites excluding steroid dienone is 1. The van der Waals surface area contributed by atoms with Crippen molar-refractivity contribution in [3.63, 3.8) is 0 Å². The Bertz CT molecular complexity index is 1980. The van der Waals surface area contributed by atoms with E-state index in [4.69, 9.17) is 33.7 Å². The van der Waals surface area contributed by atoms with Crippen LogP contribution in [0.1, 0.15) is 96.1 Å². The van der Waals surface area contributed by atoms with E-state index in [0.29, 0.717) is 43.9 Å². The van der Waals surface area contributed by atoms with E-state index >= 15 is 0 Å². The number of unbranched alkanes of at least 4 members (excludes halogenated alkanes) is 2. The lowest BCUT2D eigenvalue weighted by Gasteiger charge is -2.60. The summed E-state index contributed by atoms with van der Waals surface area (Å²) >= 11 is 1.68. The molecule has 2 N–H and O–H groups in total. The van der Waals surface area contributed by atoms with Gasteiger partial charge in [0.15, 0.2) is 0 Å². The second kappa shape index (κ2) is 23.0. The molecule has 0 saturated heterocycles. The Labute approximate surface area is 378 Å². The molecule has 1 fully saturated rings. The fourth-order valence-electron chi connectivity index (χ4n) is 9.33. The van der Waals surface area contributed by atoms with Gasteiger partial charge in [-0.3, -0.25) is 4.90 Å². The van der Waals surface area contributed by atoms with Crippen molar-refractivity contribution < 1.29 is 43.5 Å². The van der Waals surface area contributed by atoms with Crippen molar-refractivity contribution in [3.05, 3.63) is 108 Å². The molecule has 6 rings (SSSR count). The van der Waals surface area contributed by atoms with Gasteiger partial charge < -0.3 is 38.7 Å². The van der Waals surface area contributed by atoms with E-state index in [-0.39, 0.29) is 57.2 Å². The first kappa shape index (κ1) is 48.1. The SMILES string of the molecule is C=CCO[C@@]12Oc3ccc(Oc4ccc(SC)cc4)cc3[C@H]3[C@H](CCCCO)[C@@H](CCCCO)C=C(C(=NOC(C)(C)C)C[C@@H]1N(CCC)C(=O)OCCOCc1ccccc1)[C@H]32. The van der Waals surface area contributed by atoms with Crippen LogP contribution >= 0.6 is 11.8 Å². The Balaban J connectivity index is 1.48. The maximum absolute atomic E-state index is 14.5. The molecule has 11 nitrogen and oxygen atoms in total. The summed E-state index contributed by atoms with van der Waals surface area (Å²) in [4.78, 5) is 23.7. The smallest absolute Gasteiger partial charge is 0.410 e. The average Bonchev–Trinajstić information content (AvgIpc) is 3.28. The maximum Gasteiger partial charge on any atom is 0.410 e. The number of ether oxygens (including phenoxy) is 5. The average molecular weight is 885 g/mol. The molecule has 63 heavy (non-hydrogen) atoms. The lowest BCUT2D eigenvalue weighted by Crippen LogP contribution is -2.70. The van der Waals surface area contributed by atoms with Crippen molar-refractivity contribution in [2.75, 3.05) is 45.8 Å². The number of oxime groups is 1. The first-order chi connectivity index (χ1) is 30.5. The van der Waals surface area contributed by atoms with Crippen LogP contribution in [0.3, 0.4) is 0 Å². The van der Waals surface area contributed by atoms with Gasteiger partial charge in [-0.1, -0.05) is 67.4 Å². The first-order valence-electron chi connectivity index (χ1n) is 22.7. The lowest BCUT2D eigenvalue weighted by molar-refractivity contribution is -0.255. The number of benzene rings is 3. The van der Waals surface area contributed by atoms with Gasteiger partial charge in [0.25, 0.3) is 0 Å². The van der Waals surface area contributed by atoms with Gasteiger partial charge >= 0.3 is 6.09 Å². The molecule has 342 valence electrons. The number of hydrogen-bond donors (Lipinski definition) is 2. The topological polar surface area (TPSA) is 129 Å². The standard InChI is InChI=1S/C51H68N2O9S/c1-7-26-53(49(56)58-31-30-57-35-36-16-10-9-11-17-36)46-34-44(52-62-50(3,4)5)42-32-37(18-12-14-27-54)41(19-13-15-28-55)47-43-33-39(60-38-20-23-40(63-6)24-21-38)22-25-45(43)61-51(46,48(42)47)59-29-8-2/h8-11,16-17,20-25,32-33,37,41,46-48,54-55H,2,7,12-15,18-19,26-31,34-35H2,1,3-6H3/t37-,41+,46-,47+,48+,51+/m0/s1. The Morgan fingerprint density at radius 3 is 2.40 bits per heavy atom. The predicted octanol–water partition coefficient (Wildman–Crippen LogP) is 10.7. The van der Waals surface area contributed by atoms with E-state index < -0.39 is 29.4 Å². The molecule has 12 heteroatoms. The van der Waals surface area contributed by atoms with Crippen LogP contribution in [0.2, 0.25) is 0 Å². The maximum atomic E-state index is 14.5. The molecule has 0 bridgehead atoms. The van der Waals surface area contributed by atoms with Gasteiger partial charge in [-0.25, -0.2) is 4.79 Å². The number of carbonyl (C=O) groups is 1. The van der Waals surface area contributed by atoms with Crippen molar-refractivity contribution in [1.29, 1.82) is 0 Å². The highest BCUT2D eigenvalue weighted by molar-refractivity contribution is 7.98. The molecule has 6 atom stereocenters. The Morgan fingerprint density at radius 2 is 1.71 bits per heavy atom. The zero-order chi connectivity index (χ0) is 44.8.